The fourth-order valence-corrected chi connectivity index (χ4v) is 2.18. The van der Waals surface area contributed by atoms with E-state index in [1.807, 2.05) is 16.8 Å². The lowest BCUT2D eigenvalue weighted by atomic mass is 10.00. The summed E-state index contributed by atoms with van der Waals surface area (Å²) in [6.07, 6.45) is 18.8. The lowest BCUT2D eigenvalue weighted by Crippen LogP contribution is -2.10. The molecule has 0 fully saturated rings. The first-order chi connectivity index (χ1) is 8.34. The predicted octanol–water partition coefficient (Wildman–Crippen LogP) is 2.57. The summed E-state index contributed by atoms with van der Waals surface area (Å²) in [4.78, 5) is 4.28. The van der Waals surface area contributed by atoms with Gasteiger partial charge in [-0.1, -0.05) is 30.4 Å². The molecule has 0 saturated heterocycles. The standard InChI is InChI=1S/C14H15N3/c15-13-7-6-12(11-4-2-1-3-5-11)10-17-9-8-16-14(13)17/h2,4-10,13H,1,3,15H2. The van der Waals surface area contributed by atoms with Gasteiger partial charge in [0.15, 0.2) is 0 Å². The molecule has 1 atom stereocenters. The van der Waals surface area contributed by atoms with Crippen molar-refractivity contribution in [3.8, 4) is 0 Å². The fraction of sp³-hybridized carbons (Fsp3) is 0.214. The van der Waals surface area contributed by atoms with E-state index in [2.05, 4.69) is 35.5 Å². The van der Waals surface area contributed by atoms with Crippen LogP contribution in [0, 0.1) is 0 Å². The molecule has 3 rings (SSSR count). The number of imidazole rings is 1. The molecule has 2 heterocycles. The first-order valence-corrected chi connectivity index (χ1v) is 5.90. The molecule has 1 aliphatic carbocycles. The van der Waals surface area contributed by atoms with Crippen LogP contribution in [-0.2, 0) is 0 Å². The predicted molar refractivity (Wildman–Crippen MR) is 69.0 cm³/mol. The zero-order chi connectivity index (χ0) is 11.7. The zero-order valence-electron chi connectivity index (χ0n) is 9.58. The summed E-state index contributed by atoms with van der Waals surface area (Å²) in [7, 11) is 0. The summed E-state index contributed by atoms with van der Waals surface area (Å²) in [6.45, 7) is 0. The van der Waals surface area contributed by atoms with Crippen molar-refractivity contribution in [3.05, 3.63) is 59.7 Å². The van der Waals surface area contributed by atoms with Gasteiger partial charge in [-0.25, -0.2) is 4.98 Å². The van der Waals surface area contributed by atoms with Gasteiger partial charge >= 0.3 is 0 Å². The van der Waals surface area contributed by atoms with Crippen molar-refractivity contribution < 1.29 is 0 Å². The van der Waals surface area contributed by atoms with Gasteiger partial charge < -0.3 is 10.3 Å². The van der Waals surface area contributed by atoms with E-state index in [1.54, 1.807) is 6.20 Å². The van der Waals surface area contributed by atoms with Gasteiger partial charge in [0.2, 0.25) is 0 Å². The number of aromatic nitrogens is 2. The van der Waals surface area contributed by atoms with Crippen LogP contribution in [0.1, 0.15) is 24.7 Å². The van der Waals surface area contributed by atoms with Crippen LogP contribution in [0.3, 0.4) is 0 Å². The molecule has 1 aromatic heterocycles. The second kappa shape index (κ2) is 4.18. The Morgan fingerprint density at radius 3 is 3.00 bits per heavy atom. The van der Waals surface area contributed by atoms with Crippen molar-refractivity contribution in [2.45, 2.75) is 18.9 Å². The Morgan fingerprint density at radius 1 is 1.24 bits per heavy atom. The molecule has 1 unspecified atom stereocenters. The monoisotopic (exact) mass is 225 g/mol. The number of hydrogen-bond donors (Lipinski definition) is 1. The minimum atomic E-state index is -0.132. The highest BCUT2D eigenvalue weighted by Crippen LogP contribution is 2.24. The van der Waals surface area contributed by atoms with Gasteiger partial charge in [-0.2, -0.15) is 0 Å². The minimum Gasteiger partial charge on any atom is -0.318 e. The fourth-order valence-electron chi connectivity index (χ4n) is 2.18. The highest BCUT2D eigenvalue weighted by atomic mass is 15.1. The van der Waals surface area contributed by atoms with Gasteiger partial charge in [-0.15, -0.1) is 0 Å². The van der Waals surface area contributed by atoms with Gasteiger partial charge in [0.25, 0.3) is 0 Å². The Bertz CT molecular complexity index is 544. The SMILES string of the molecule is NC1C=CC(C2=CCCC=C2)=Cn2ccnc21. The van der Waals surface area contributed by atoms with Crippen LogP contribution in [0.4, 0.5) is 0 Å². The molecule has 3 heteroatoms. The molecule has 0 saturated carbocycles. The van der Waals surface area contributed by atoms with Crippen molar-refractivity contribution in [1.82, 2.24) is 9.55 Å². The van der Waals surface area contributed by atoms with Crippen molar-refractivity contribution in [3.63, 3.8) is 0 Å². The summed E-state index contributed by atoms with van der Waals surface area (Å²) in [6, 6.07) is -0.132. The van der Waals surface area contributed by atoms with E-state index in [9.17, 15) is 0 Å². The molecule has 0 aromatic carbocycles. The molecule has 0 amide bonds. The summed E-state index contributed by atoms with van der Waals surface area (Å²) >= 11 is 0. The quantitative estimate of drug-likeness (QED) is 0.798. The third-order valence-electron chi connectivity index (χ3n) is 3.09. The van der Waals surface area contributed by atoms with Crippen LogP contribution >= 0.6 is 0 Å². The molecule has 2 aliphatic rings. The van der Waals surface area contributed by atoms with Crippen molar-refractivity contribution in [2.75, 3.05) is 0 Å². The summed E-state index contributed by atoms with van der Waals surface area (Å²) in [5, 5.41) is 0. The van der Waals surface area contributed by atoms with Crippen LogP contribution in [-0.4, -0.2) is 9.55 Å². The molecule has 17 heavy (non-hydrogen) atoms. The number of hydrogen-bond acceptors (Lipinski definition) is 2. The van der Waals surface area contributed by atoms with E-state index >= 15 is 0 Å². The third kappa shape index (κ3) is 1.89. The molecule has 1 aliphatic heterocycles. The topological polar surface area (TPSA) is 43.8 Å². The van der Waals surface area contributed by atoms with Crippen LogP contribution in [0.5, 0.6) is 0 Å². The van der Waals surface area contributed by atoms with Gasteiger partial charge in [0.1, 0.15) is 5.82 Å². The van der Waals surface area contributed by atoms with Gasteiger partial charge in [-0.05, 0) is 24.0 Å². The molecule has 0 bridgehead atoms. The summed E-state index contributed by atoms with van der Waals surface area (Å²) in [5.74, 6) is 0.886. The summed E-state index contributed by atoms with van der Waals surface area (Å²) < 4.78 is 2.00. The zero-order valence-corrected chi connectivity index (χ0v) is 9.58. The van der Waals surface area contributed by atoms with Crippen molar-refractivity contribution >= 4 is 6.20 Å². The average Bonchev–Trinajstić information content (AvgIpc) is 2.77. The number of rotatable bonds is 1. The van der Waals surface area contributed by atoms with E-state index in [4.69, 9.17) is 5.73 Å². The second-order valence-electron chi connectivity index (χ2n) is 4.30. The molecule has 3 nitrogen and oxygen atoms in total. The Kier molecular flexibility index (Phi) is 2.53. The molecule has 0 spiro atoms. The van der Waals surface area contributed by atoms with E-state index in [1.165, 1.54) is 11.1 Å². The minimum absolute atomic E-state index is 0.132. The molecule has 2 N–H and O–H groups in total. The van der Waals surface area contributed by atoms with Crippen LogP contribution in [0.15, 0.2) is 53.9 Å². The first kappa shape index (κ1) is 10.3. The van der Waals surface area contributed by atoms with E-state index in [-0.39, 0.29) is 6.04 Å². The Hall–Kier alpha value is -1.87. The first-order valence-electron chi connectivity index (χ1n) is 5.90. The normalized spacial score (nSPS) is 22.8. The Labute approximate surface area is 101 Å². The number of allylic oxidation sites excluding steroid dienone is 6. The smallest absolute Gasteiger partial charge is 0.133 e. The maximum Gasteiger partial charge on any atom is 0.133 e. The average molecular weight is 225 g/mol. The summed E-state index contributed by atoms with van der Waals surface area (Å²) in [5.41, 5.74) is 8.49. The molecule has 1 aromatic rings. The Balaban J connectivity index is 2.04. The highest BCUT2D eigenvalue weighted by Gasteiger charge is 2.13. The van der Waals surface area contributed by atoms with Crippen LogP contribution in [0.2, 0.25) is 0 Å². The van der Waals surface area contributed by atoms with E-state index in [0.717, 1.165) is 18.7 Å². The Morgan fingerprint density at radius 2 is 2.18 bits per heavy atom. The van der Waals surface area contributed by atoms with E-state index < -0.39 is 0 Å². The van der Waals surface area contributed by atoms with Gasteiger partial charge in [0, 0.05) is 18.6 Å². The lowest BCUT2D eigenvalue weighted by molar-refractivity contribution is 0.801. The maximum atomic E-state index is 6.04. The van der Waals surface area contributed by atoms with Gasteiger partial charge in [0.05, 0.1) is 6.04 Å². The van der Waals surface area contributed by atoms with Gasteiger partial charge in [-0.3, -0.25) is 0 Å². The van der Waals surface area contributed by atoms with Crippen LogP contribution in [0.25, 0.3) is 6.20 Å². The molecular formula is C14H15N3. The van der Waals surface area contributed by atoms with Crippen molar-refractivity contribution in [2.24, 2.45) is 5.73 Å². The largest absolute Gasteiger partial charge is 0.318 e. The highest BCUT2D eigenvalue weighted by molar-refractivity contribution is 5.58. The molecular weight excluding hydrogens is 210 g/mol. The maximum absolute atomic E-state index is 6.04. The van der Waals surface area contributed by atoms with Crippen molar-refractivity contribution in [1.29, 1.82) is 0 Å². The third-order valence-corrected chi connectivity index (χ3v) is 3.09. The second-order valence-corrected chi connectivity index (χ2v) is 4.30. The lowest BCUT2D eigenvalue weighted by Gasteiger charge is -2.08. The number of fused-ring (bicyclic) bond motifs is 1. The molecule has 0 radical (unpaired) electrons. The molecule has 86 valence electrons. The van der Waals surface area contributed by atoms with E-state index in [0.29, 0.717) is 0 Å². The number of nitrogens with two attached hydrogens (primary N) is 1. The van der Waals surface area contributed by atoms with Crippen LogP contribution < -0.4 is 5.73 Å². The number of nitrogens with zero attached hydrogens (tertiary/aromatic N) is 2.